The SMILES string of the molecule is CCOc1ccc(S(=O)(=O)NCC(c2ccc(N(C)C)cc2)N2CCN(C)CC2)cc1. The molecule has 1 aliphatic heterocycles. The Labute approximate surface area is 186 Å². The molecule has 1 heterocycles. The third kappa shape index (κ3) is 6.20. The zero-order valence-corrected chi connectivity index (χ0v) is 19.7. The van der Waals surface area contributed by atoms with Gasteiger partial charge in [-0.05, 0) is 55.9 Å². The highest BCUT2D eigenvalue weighted by molar-refractivity contribution is 7.89. The molecular formula is C23H34N4O3S. The van der Waals surface area contributed by atoms with Crippen LogP contribution in [0.1, 0.15) is 18.5 Å². The molecule has 1 fully saturated rings. The summed E-state index contributed by atoms with van der Waals surface area (Å²) in [6.07, 6.45) is 0. The van der Waals surface area contributed by atoms with Gasteiger partial charge in [-0.15, -0.1) is 0 Å². The van der Waals surface area contributed by atoms with E-state index in [0.717, 1.165) is 37.4 Å². The van der Waals surface area contributed by atoms with Crippen LogP contribution in [0.3, 0.4) is 0 Å². The first kappa shape index (κ1) is 23.5. The topological polar surface area (TPSA) is 65.1 Å². The maximum absolute atomic E-state index is 12.9. The van der Waals surface area contributed by atoms with Crippen LogP contribution in [0, 0.1) is 0 Å². The van der Waals surface area contributed by atoms with Gasteiger partial charge in [-0.3, -0.25) is 4.90 Å². The predicted molar refractivity (Wildman–Crippen MR) is 125 cm³/mol. The van der Waals surface area contributed by atoms with Crippen LogP contribution in [0.15, 0.2) is 53.4 Å². The normalized spacial score (nSPS) is 16.8. The molecule has 0 radical (unpaired) electrons. The number of hydrogen-bond donors (Lipinski definition) is 1. The number of ether oxygens (including phenoxy) is 1. The van der Waals surface area contributed by atoms with E-state index in [4.69, 9.17) is 4.74 Å². The van der Waals surface area contributed by atoms with Gasteiger partial charge in [0.05, 0.1) is 11.5 Å². The maximum atomic E-state index is 12.9. The molecule has 0 aromatic heterocycles. The summed E-state index contributed by atoms with van der Waals surface area (Å²) < 4.78 is 34.1. The lowest BCUT2D eigenvalue weighted by molar-refractivity contribution is 0.113. The minimum absolute atomic E-state index is 0.0256. The number of hydrogen-bond acceptors (Lipinski definition) is 6. The second-order valence-electron chi connectivity index (χ2n) is 8.10. The highest BCUT2D eigenvalue weighted by Crippen LogP contribution is 2.25. The smallest absolute Gasteiger partial charge is 0.240 e. The van der Waals surface area contributed by atoms with Crippen LogP contribution in [0.5, 0.6) is 5.75 Å². The van der Waals surface area contributed by atoms with Gasteiger partial charge in [-0.2, -0.15) is 0 Å². The van der Waals surface area contributed by atoms with Crippen molar-refractivity contribution in [3.8, 4) is 5.75 Å². The number of rotatable bonds is 9. The minimum atomic E-state index is -3.62. The molecule has 1 N–H and O–H groups in total. The lowest BCUT2D eigenvalue weighted by Crippen LogP contribution is -2.48. The van der Waals surface area contributed by atoms with Crippen molar-refractivity contribution in [2.45, 2.75) is 17.9 Å². The molecule has 7 nitrogen and oxygen atoms in total. The molecule has 1 aliphatic rings. The predicted octanol–water partition coefficient (Wildman–Crippen LogP) is 2.42. The quantitative estimate of drug-likeness (QED) is 0.638. The number of anilines is 1. The fourth-order valence-corrected chi connectivity index (χ4v) is 4.78. The molecule has 1 unspecified atom stereocenters. The fourth-order valence-electron chi connectivity index (χ4n) is 3.74. The molecule has 3 rings (SSSR count). The van der Waals surface area contributed by atoms with Gasteiger partial charge in [0.15, 0.2) is 0 Å². The molecule has 0 amide bonds. The third-order valence-electron chi connectivity index (χ3n) is 5.68. The van der Waals surface area contributed by atoms with E-state index in [1.165, 1.54) is 0 Å². The summed E-state index contributed by atoms with van der Waals surface area (Å²) in [6.45, 7) is 6.51. The molecule has 170 valence electrons. The van der Waals surface area contributed by atoms with Crippen LogP contribution in [0.2, 0.25) is 0 Å². The Hall–Kier alpha value is -2.13. The summed E-state index contributed by atoms with van der Waals surface area (Å²) in [6, 6.07) is 14.9. The van der Waals surface area contributed by atoms with Crippen LogP contribution in [-0.2, 0) is 10.0 Å². The maximum Gasteiger partial charge on any atom is 0.240 e. The first-order valence-electron chi connectivity index (χ1n) is 10.7. The highest BCUT2D eigenvalue weighted by atomic mass is 32.2. The third-order valence-corrected chi connectivity index (χ3v) is 7.12. The van der Waals surface area contributed by atoms with E-state index in [2.05, 4.69) is 50.7 Å². The van der Waals surface area contributed by atoms with Gasteiger partial charge in [-0.25, -0.2) is 13.1 Å². The van der Waals surface area contributed by atoms with Crippen LogP contribution >= 0.6 is 0 Å². The number of benzene rings is 2. The van der Waals surface area contributed by atoms with Crippen molar-refractivity contribution < 1.29 is 13.2 Å². The van der Waals surface area contributed by atoms with E-state index in [-0.39, 0.29) is 10.9 Å². The molecule has 1 saturated heterocycles. The van der Waals surface area contributed by atoms with E-state index in [0.29, 0.717) is 18.9 Å². The van der Waals surface area contributed by atoms with Crippen LogP contribution in [0.4, 0.5) is 5.69 Å². The number of sulfonamides is 1. The molecule has 0 bridgehead atoms. The Balaban J connectivity index is 1.77. The average Bonchev–Trinajstić information content (AvgIpc) is 2.76. The van der Waals surface area contributed by atoms with Crippen LogP contribution in [-0.4, -0.2) is 78.7 Å². The molecule has 1 atom stereocenters. The van der Waals surface area contributed by atoms with Gasteiger partial charge < -0.3 is 14.5 Å². The minimum Gasteiger partial charge on any atom is -0.494 e. The van der Waals surface area contributed by atoms with Gasteiger partial charge in [0.1, 0.15) is 5.75 Å². The zero-order valence-electron chi connectivity index (χ0n) is 18.9. The first-order chi connectivity index (χ1) is 14.8. The fraction of sp³-hybridized carbons (Fsp3) is 0.478. The molecule has 8 heteroatoms. The van der Waals surface area contributed by atoms with E-state index in [1.807, 2.05) is 21.0 Å². The van der Waals surface area contributed by atoms with Crippen LogP contribution in [0.25, 0.3) is 0 Å². The van der Waals surface area contributed by atoms with Crippen molar-refractivity contribution in [3.63, 3.8) is 0 Å². The van der Waals surface area contributed by atoms with Gasteiger partial charge >= 0.3 is 0 Å². The molecule has 0 spiro atoms. The lowest BCUT2D eigenvalue weighted by Gasteiger charge is -2.38. The Bertz CT molecular complexity index is 922. The van der Waals surface area contributed by atoms with E-state index in [9.17, 15) is 8.42 Å². The summed E-state index contributed by atoms with van der Waals surface area (Å²) in [5.41, 5.74) is 2.24. The van der Waals surface area contributed by atoms with E-state index >= 15 is 0 Å². The summed E-state index contributed by atoms with van der Waals surface area (Å²) >= 11 is 0. The molecule has 31 heavy (non-hydrogen) atoms. The van der Waals surface area contributed by atoms with Crippen molar-refractivity contribution in [1.29, 1.82) is 0 Å². The molecule has 0 saturated carbocycles. The Morgan fingerprint density at radius 2 is 1.61 bits per heavy atom. The van der Waals surface area contributed by atoms with Crippen molar-refractivity contribution in [2.75, 3.05) is 65.4 Å². The average molecular weight is 447 g/mol. The molecule has 2 aromatic carbocycles. The van der Waals surface area contributed by atoms with E-state index in [1.54, 1.807) is 24.3 Å². The summed E-state index contributed by atoms with van der Waals surface area (Å²) in [5, 5.41) is 0. The van der Waals surface area contributed by atoms with E-state index < -0.39 is 10.0 Å². The summed E-state index contributed by atoms with van der Waals surface area (Å²) in [4.78, 5) is 6.97. The van der Waals surface area contributed by atoms with Crippen molar-refractivity contribution in [3.05, 3.63) is 54.1 Å². The monoisotopic (exact) mass is 446 g/mol. The second kappa shape index (κ2) is 10.5. The number of piperazine rings is 1. The standard InChI is InChI=1S/C23H34N4O3S/c1-5-30-21-10-12-22(13-11-21)31(28,29)24-18-23(27-16-14-26(4)15-17-27)19-6-8-20(9-7-19)25(2)3/h6-13,23-24H,5,14-18H2,1-4H3. The number of nitrogens with zero attached hydrogens (tertiary/aromatic N) is 3. The molecule has 2 aromatic rings. The largest absolute Gasteiger partial charge is 0.494 e. The second-order valence-corrected chi connectivity index (χ2v) is 9.86. The zero-order chi connectivity index (χ0) is 22.4. The Kier molecular flexibility index (Phi) is 7.94. The summed E-state index contributed by atoms with van der Waals surface area (Å²) in [5.74, 6) is 0.665. The van der Waals surface area contributed by atoms with Gasteiger partial charge in [-0.1, -0.05) is 12.1 Å². The number of likely N-dealkylation sites (N-methyl/N-ethyl adjacent to an activating group) is 1. The Morgan fingerprint density at radius 1 is 1.00 bits per heavy atom. The summed E-state index contributed by atoms with van der Waals surface area (Å²) in [7, 11) is 2.52. The number of nitrogens with one attached hydrogen (secondary N) is 1. The molecule has 0 aliphatic carbocycles. The van der Waals surface area contributed by atoms with Crippen LogP contribution < -0.4 is 14.4 Å². The highest BCUT2D eigenvalue weighted by Gasteiger charge is 2.26. The van der Waals surface area contributed by atoms with Gasteiger partial charge in [0.2, 0.25) is 10.0 Å². The van der Waals surface area contributed by atoms with Gasteiger partial charge in [0.25, 0.3) is 0 Å². The lowest BCUT2D eigenvalue weighted by atomic mass is 10.0. The Morgan fingerprint density at radius 3 is 2.16 bits per heavy atom. The first-order valence-corrected chi connectivity index (χ1v) is 12.2. The van der Waals surface area contributed by atoms with Crippen molar-refractivity contribution >= 4 is 15.7 Å². The van der Waals surface area contributed by atoms with Crippen molar-refractivity contribution in [2.24, 2.45) is 0 Å². The van der Waals surface area contributed by atoms with Gasteiger partial charge in [0, 0.05) is 58.5 Å². The molecular weight excluding hydrogens is 412 g/mol. The van der Waals surface area contributed by atoms with Crippen molar-refractivity contribution in [1.82, 2.24) is 14.5 Å².